The van der Waals surface area contributed by atoms with Crippen LogP contribution in [0.15, 0.2) is 45.7 Å². The molecule has 0 N–H and O–H groups in total. The molecular formula is C15H18O3S. The van der Waals surface area contributed by atoms with E-state index in [1.807, 2.05) is 0 Å². The van der Waals surface area contributed by atoms with Crippen molar-refractivity contribution in [2.75, 3.05) is 0 Å². The van der Waals surface area contributed by atoms with Gasteiger partial charge < -0.3 is 0 Å². The van der Waals surface area contributed by atoms with Gasteiger partial charge in [-0.3, -0.25) is 4.79 Å². The molecule has 0 unspecified atom stereocenters. The van der Waals surface area contributed by atoms with Crippen LogP contribution in [-0.2, 0) is 14.6 Å². The number of sulfone groups is 1. The fourth-order valence-corrected chi connectivity index (χ4v) is 4.15. The predicted molar refractivity (Wildman–Crippen MR) is 74.4 cm³/mol. The van der Waals surface area contributed by atoms with E-state index < -0.39 is 9.84 Å². The number of rotatable bonds is 2. The Bertz CT molecular complexity index is 598. The third-order valence-electron chi connectivity index (χ3n) is 3.43. The number of carbonyl (C=O) groups excluding carboxylic acids is 1. The molecule has 2 rings (SSSR count). The summed E-state index contributed by atoms with van der Waals surface area (Å²) in [4.78, 5) is 12.4. The molecule has 0 amide bonds. The zero-order valence-corrected chi connectivity index (χ0v) is 11.9. The van der Waals surface area contributed by atoms with Crippen molar-refractivity contribution in [3.05, 3.63) is 40.8 Å². The van der Waals surface area contributed by atoms with Crippen LogP contribution in [0.5, 0.6) is 0 Å². The van der Waals surface area contributed by atoms with Crippen LogP contribution in [0, 0.1) is 0 Å². The molecule has 0 heterocycles. The number of benzene rings is 1. The van der Waals surface area contributed by atoms with Crippen LogP contribution in [0.4, 0.5) is 0 Å². The van der Waals surface area contributed by atoms with Crippen molar-refractivity contribution in [1.29, 1.82) is 0 Å². The molecule has 0 spiro atoms. The number of hydrogen-bond donors (Lipinski definition) is 0. The van der Waals surface area contributed by atoms with Crippen molar-refractivity contribution >= 4 is 15.6 Å². The van der Waals surface area contributed by atoms with E-state index in [-0.39, 0.29) is 12.2 Å². The highest BCUT2D eigenvalue weighted by Gasteiger charge is 2.24. The van der Waals surface area contributed by atoms with Crippen molar-refractivity contribution < 1.29 is 13.2 Å². The summed E-state index contributed by atoms with van der Waals surface area (Å²) in [6.45, 7) is 1.76. The minimum atomic E-state index is -3.45. The summed E-state index contributed by atoms with van der Waals surface area (Å²) in [6, 6.07) is 8.45. The number of allylic oxidation sites excluding steroid dienone is 2. The van der Waals surface area contributed by atoms with Crippen LogP contribution in [0.3, 0.4) is 0 Å². The van der Waals surface area contributed by atoms with E-state index >= 15 is 0 Å². The van der Waals surface area contributed by atoms with Crippen LogP contribution in [-0.4, -0.2) is 14.2 Å². The van der Waals surface area contributed by atoms with Gasteiger partial charge in [-0.15, -0.1) is 0 Å². The molecular weight excluding hydrogens is 260 g/mol. The molecule has 3 nitrogen and oxygen atoms in total. The maximum atomic E-state index is 12.6. The number of carbonyl (C=O) groups is 1. The topological polar surface area (TPSA) is 51.2 Å². The highest BCUT2D eigenvalue weighted by atomic mass is 32.2. The third kappa shape index (κ3) is 3.13. The van der Waals surface area contributed by atoms with Crippen molar-refractivity contribution in [3.8, 4) is 0 Å². The summed E-state index contributed by atoms with van der Waals surface area (Å²) in [5, 5.41) is 0. The van der Waals surface area contributed by atoms with Crippen molar-refractivity contribution in [2.45, 2.75) is 43.9 Å². The molecule has 1 aromatic carbocycles. The largest absolute Gasteiger partial charge is 0.299 e. The lowest BCUT2D eigenvalue weighted by Crippen LogP contribution is -2.12. The van der Waals surface area contributed by atoms with Crippen molar-refractivity contribution in [2.24, 2.45) is 0 Å². The molecule has 0 radical (unpaired) electrons. The van der Waals surface area contributed by atoms with E-state index in [0.29, 0.717) is 28.2 Å². The number of Topliss-reactive ketones (excluding diaryl/α,β-unsaturated/α-hetero) is 1. The predicted octanol–water partition coefficient (Wildman–Crippen LogP) is 3.27. The Hall–Kier alpha value is -1.42. The van der Waals surface area contributed by atoms with E-state index in [1.165, 1.54) is 0 Å². The summed E-state index contributed by atoms with van der Waals surface area (Å²) >= 11 is 0. The summed E-state index contributed by atoms with van der Waals surface area (Å²) in [7, 11) is -3.45. The first-order valence-corrected chi connectivity index (χ1v) is 8.00. The van der Waals surface area contributed by atoms with Crippen LogP contribution in [0.2, 0.25) is 0 Å². The van der Waals surface area contributed by atoms with Crippen LogP contribution in [0.1, 0.15) is 39.0 Å². The van der Waals surface area contributed by atoms with Gasteiger partial charge in [-0.25, -0.2) is 8.42 Å². The smallest absolute Gasteiger partial charge is 0.202 e. The normalized spacial score (nSPS) is 21.8. The molecule has 19 heavy (non-hydrogen) atoms. The van der Waals surface area contributed by atoms with Gasteiger partial charge in [-0.05, 0) is 38.3 Å². The minimum Gasteiger partial charge on any atom is -0.299 e. The average molecular weight is 278 g/mol. The maximum absolute atomic E-state index is 12.6. The second-order valence-corrected chi connectivity index (χ2v) is 6.91. The van der Waals surface area contributed by atoms with Crippen LogP contribution >= 0.6 is 0 Å². The van der Waals surface area contributed by atoms with Crippen LogP contribution in [0.25, 0.3) is 0 Å². The lowest BCUT2D eigenvalue weighted by molar-refractivity contribution is -0.118. The summed E-state index contributed by atoms with van der Waals surface area (Å²) in [6.07, 6.45) is 2.90. The molecule has 0 atom stereocenters. The highest BCUT2D eigenvalue weighted by Crippen LogP contribution is 2.29. The minimum absolute atomic E-state index is 0.137. The first kappa shape index (κ1) is 14.0. The second-order valence-electron chi connectivity index (χ2n) is 4.94. The zero-order valence-electron chi connectivity index (χ0n) is 11.1. The summed E-state index contributed by atoms with van der Waals surface area (Å²) in [5.74, 6) is 0.137. The van der Waals surface area contributed by atoms with Gasteiger partial charge in [0.1, 0.15) is 5.78 Å². The molecule has 1 aliphatic carbocycles. The Labute approximate surface area is 114 Å². The van der Waals surface area contributed by atoms with Gasteiger partial charge in [0.15, 0.2) is 0 Å². The fourth-order valence-electron chi connectivity index (χ4n) is 2.41. The quantitative estimate of drug-likeness (QED) is 0.834. The van der Waals surface area contributed by atoms with E-state index in [1.54, 1.807) is 37.3 Å². The summed E-state index contributed by atoms with van der Waals surface area (Å²) < 4.78 is 25.2. The lowest BCUT2D eigenvalue weighted by Gasteiger charge is -2.16. The first-order valence-electron chi connectivity index (χ1n) is 6.52. The van der Waals surface area contributed by atoms with Crippen molar-refractivity contribution in [3.63, 3.8) is 0 Å². The maximum Gasteiger partial charge on any atom is 0.202 e. The van der Waals surface area contributed by atoms with Gasteiger partial charge in [-0.1, -0.05) is 23.8 Å². The molecule has 0 bridgehead atoms. The Balaban J connectivity index is 2.45. The van der Waals surface area contributed by atoms with Gasteiger partial charge in [0, 0.05) is 17.7 Å². The number of ketones is 1. The SMILES string of the molecule is C/C1=C(\S(=O)(=O)c2ccccc2)CCCCC(=O)C1. The highest BCUT2D eigenvalue weighted by molar-refractivity contribution is 7.95. The molecule has 1 aliphatic rings. The molecule has 0 aromatic heterocycles. The molecule has 102 valence electrons. The molecule has 4 heteroatoms. The van der Waals surface area contributed by atoms with Gasteiger partial charge in [0.25, 0.3) is 0 Å². The molecule has 0 fully saturated rings. The monoisotopic (exact) mass is 278 g/mol. The van der Waals surface area contributed by atoms with E-state index in [2.05, 4.69) is 0 Å². The summed E-state index contributed by atoms with van der Waals surface area (Å²) in [5.41, 5.74) is 0.702. The van der Waals surface area contributed by atoms with E-state index in [4.69, 9.17) is 0 Å². The number of hydrogen-bond acceptors (Lipinski definition) is 3. The Morgan fingerprint density at radius 1 is 1.00 bits per heavy atom. The van der Waals surface area contributed by atoms with Gasteiger partial charge in [0.2, 0.25) is 9.84 Å². The Morgan fingerprint density at radius 2 is 1.63 bits per heavy atom. The lowest BCUT2D eigenvalue weighted by atomic mass is 10.00. The van der Waals surface area contributed by atoms with Gasteiger partial charge in [0.05, 0.1) is 4.90 Å². The third-order valence-corrected chi connectivity index (χ3v) is 5.52. The van der Waals surface area contributed by atoms with Crippen molar-refractivity contribution in [1.82, 2.24) is 0 Å². The molecule has 1 aromatic rings. The van der Waals surface area contributed by atoms with Gasteiger partial charge in [-0.2, -0.15) is 0 Å². The Morgan fingerprint density at radius 3 is 2.32 bits per heavy atom. The van der Waals surface area contributed by atoms with E-state index in [0.717, 1.165) is 12.8 Å². The van der Waals surface area contributed by atoms with Crippen LogP contribution < -0.4 is 0 Å². The van der Waals surface area contributed by atoms with E-state index in [9.17, 15) is 13.2 Å². The Kier molecular flexibility index (Phi) is 4.20. The molecule has 0 saturated carbocycles. The fraction of sp³-hybridized carbons (Fsp3) is 0.400. The average Bonchev–Trinajstić information content (AvgIpc) is 2.37. The molecule has 0 aliphatic heterocycles. The molecule has 0 saturated heterocycles. The standard InChI is InChI=1S/C15H18O3S/c1-12-11-13(16)7-5-6-10-15(12)19(17,18)14-8-3-2-4-9-14/h2-4,8-9H,5-7,10-11H2,1H3/b15-12+. The zero-order chi connectivity index (χ0) is 13.9. The van der Waals surface area contributed by atoms with Gasteiger partial charge >= 0.3 is 0 Å². The second kappa shape index (κ2) is 5.70. The first-order chi connectivity index (χ1) is 9.01.